The molecular formula is C17H19NO2. The van der Waals surface area contributed by atoms with Crippen molar-refractivity contribution in [2.75, 3.05) is 6.61 Å². The predicted molar refractivity (Wildman–Crippen MR) is 79.2 cm³/mol. The Bertz CT molecular complexity index is 624. The van der Waals surface area contributed by atoms with Crippen molar-refractivity contribution in [1.82, 2.24) is 0 Å². The average Bonchev–Trinajstić information content (AvgIpc) is 2.46. The smallest absolute Gasteiger partial charge is 0.161 e. The lowest BCUT2D eigenvalue weighted by Crippen LogP contribution is -2.39. The molecule has 2 aromatic carbocycles. The summed E-state index contributed by atoms with van der Waals surface area (Å²) in [4.78, 5) is 0. The Kier molecular flexibility index (Phi) is 3.36. The van der Waals surface area contributed by atoms with E-state index in [1.54, 1.807) is 0 Å². The van der Waals surface area contributed by atoms with Crippen molar-refractivity contribution in [2.45, 2.75) is 26.0 Å². The van der Waals surface area contributed by atoms with Gasteiger partial charge in [0.15, 0.2) is 17.6 Å². The van der Waals surface area contributed by atoms with Crippen LogP contribution >= 0.6 is 0 Å². The summed E-state index contributed by atoms with van der Waals surface area (Å²) in [6.45, 7) is 4.64. The molecule has 0 saturated heterocycles. The zero-order valence-electron chi connectivity index (χ0n) is 11.8. The number of ether oxygens (including phenoxy) is 2. The van der Waals surface area contributed by atoms with Crippen LogP contribution in [-0.2, 0) is 0 Å². The molecule has 3 rings (SSSR count). The van der Waals surface area contributed by atoms with Crippen LogP contribution in [0.1, 0.15) is 22.7 Å². The van der Waals surface area contributed by atoms with Crippen LogP contribution in [0.3, 0.4) is 0 Å². The quantitative estimate of drug-likeness (QED) is 0.911. The second kappa shape index (κ2) is 5.17. The van der Waals surface area contributed by atoms with Crippen molar-refractivity contribution < 1.29 is 9.47 Å². The number of aryl methyl sites for hydroxylation is 2. The molecule has 20 heavy (non-hydrogen) atoms. The minimum atomic E-state index is -0.191. The molecule has 2 atom stereocenters. The average molecular weight is 269 g/mol. The van der Waals surface area contributed by atoms with Crippen LogP contribution in [0, 0.1) is 13.8 Å². The second-order valence-corrected chi connectivity index (χ2v) is 5.30. The number of hydrogen-bond donors (Lipinski definition) is 1. The lowest BCUT2D eigenvalue weighted by atomic mass is 9.96. The molecule has 2 unspecified atom stereocenters. The molecule has 0 aromatic heterocycles. The molecule has 1 aliphatic rings. The van der Waals surface area contributed by atoms with Crippen molar-refractivity contribution in [3.05, 3.63) is 59.2 Å². The van der Waals surface area contributed by atoms with E-state index < -0.39 is 0 Å². The van der Waals surface area contributed by atoms with E-state index in [9.17, 15) is 0 Å². The number of fused-ring (bicyclic) bond motifs is 1. The van der Waals surface area contributed by atoms with Gasteiger partial charge in [-0.15, -0.1) is 0 Å². The third-order valence-corrected chi connectivity index (χ3v) is 3.72. The Morgan fingerprint density at radius 3 is 2.60 bits per heavy atom. The monoisotopic (exact) mass is 269 g/mol. The first kappa shape index (κ1) is 13.0. The topological polar surface area (TPSA) is 44.5 Å². The Labute approximate surface area is 119 Å². The maximum Gasteiger partial charge on any atom is 0.161 e. The summed E-state index contributed by atoms with van der Waals surface area (Å²) in [5.74, 6) is 1.56. The van der Waals surface area contributed by atoms with Crippen molar-refractivity contribution >= 4 is 0 Å². The van der Waals surface area contributed by atoms with E-state index in [-0.39, 0.29) is 12.1 Å². The molecule has 1 aliphatic heterocycles. The summed E-state index contributed by atoms with van der Waals surface area (Å²) in [6.07, 6.45) is -0.161. The lowest BCUT2D eigenvalue weighted by Gasteiger charge is -2.31. The number of hydrogen-bond acceptors (Lipinski definition) is 3. The van der Waals surface area contributed by atoms with Gasteiger partial charge in [-0.3, -0.25) is 0 Å². The Balaban J connectivity index is 1.84. The van der Waals surface area contributed by atoms with E-state index in [1.165, 1.54) is 11.1 Å². The van der Waals surface area contributed by atoms with Gasteiger partial charge < -0.3 is 15.2 Å². The molecule has 0 amide bonds. The highest BCUT2D eigenvalue weighted by Gasteiger charge is 2.28. The zero-order chi connectivity index (χ0) is 14.1. The summed E-state index contributed by atoms with van der Waals surface area (Å²) < 4.78 is 11.7. The van der Waals surface area contributed by atoms with E-state index >= 15 is 0 Å². The van der Waals surface area contributed by atoms with Crippen LogP contribution in [0.2, 0.25) is 0 Å². The van der Waals surface area contributed by atoms with Gasteiger partial charge in [0, 0.05) is 0 Å². The first-order chi connectivity index (χ1) is 9.65. The van der Waals surface area contributed by atoms with E-state index in [1.807, 2.05) is 24.3 Å². The standard InChI is InChI=1S/C17H19NO2/c1-11-7-8-13(12(2)9-11)17(18)16-10-19-14-5-3-4-6-15(14)20-16/h3-9,16-17H,10,18H2,1-2H3. The van der Waals surface area contributed by atoms with Crippen LogP contribution in [0.25, 0.3) is 0 Å². The summed E-state index contributed by atoms with van der Waals surface area (Å²) >= 11 is 0. The van der Waals surface area contributed by atoms with Crippen LogP contribution in [-0.4, -0.2) is 12.7 Å². The molecule has 1 heterocycles. The molecule has 0 fully saturated rings. The molecule has 0 bridgehead atoms. The van der Waals surface area contributed by atoms with Crippen LogP contribution in [0.15, 0.2) is 42.5 Å². The second-order valence-electron chi connectivity index (χ2n) is 5.30. The van der Waals surface area contributed by atoms with Gasteiger partial charge in [-0.25, -0.2) is 0 Å². The summed E-state index contributed by atoms with van der Waals surface area (Å²) in [5.41, 5.74) is 9.92. The number of benzene rings is 2. The Morgan fingerprint density at radius 2 is 1.85 bits per heavy atom. The van der Waals surface area contributed by atoms with Crippen molar-refractivity contribution in [3.8, 4) is 11.5 Å². The minimum Gasteiger partial charge on any atom is -0.486 e. The number of para-hydroxylation sites is 2. The minimum absolute atomic E-state index is 0.161. The van der Waals surface area contributed by atoms with E-state index in [0.717, 1.165) is 17.1 Å². The molecule has 0 radical (unpaired) electrons. The van der Waals surface area contributed by atoms with Crippen molar-refractivity contribution in [3.63, 3.8) is 0 Å². The molecule has 2 N–H and O–H groups in total. The molecule has 2 aromatic rings. The van der Waals surface area contributed by atoms with Gasteiger partial charge in [-0.2, -0.15) is 0 Å². The van der Waals surface area contributed by atoms with Crippen LogP contribution < -0.4 is 15.2 Å². The Hall–Kier alpha value is -2.00. The predicted octanol–water partition coefficient (Wildman–Crippen LogP) is 3.14. The van der Waals surface area contributed by atoms with Gasteiger partial charge in [0.1, 0.15) is 6.61 Å². The fraction of sp³-hybridized carbons (Fsp3) is 0.294. The van der Waals surface area contributed by atoms with Gasteiger partial charge in [-0.1, -0.05) is 35.9 Å². The van der Waals surface area contributed by atoms with Crippen molar-refractivity contribution in [2.24, 2.45) is 5.73 Å². The highest BCUT2D eigenvalue weighted by molar-refractivity contribution is 5.41. The van der Waals surface area contributed by atoms with Crippen LogP contribution in [0.4, 0.5) is 0 Å². The maximum atomic E-state index is 6.37. The fourth-order valence-corrected chi connectivity index (χ4v) is 2.61. The fourth-order valence-electron chi connectivity index (χ4n) is 2.61. The third kappa shape index (κ3) is 2.37. The molecule has 104 valence electrons. The molecule has 0 spiro atoms. The summed E-state index contributed by atoms with van der Waals surface area (Å²) in [5, 5.41) is 0. The van der Waals surface area contributed by atoms with Gasteiger partial charge >= 0.3 is 0 Å². The molecule has 3 nitrogen and oxygen atoms in total. The third-order valence-electron chi connectivity index (χ3n) is 3.72. The van der Waals surface area contributed by atoms with E-state index in [2.05, 4.69) is 32.0 Å². The summed E-state index contributed by atoms with van der Waals surface area (Å²) in [6, 6.07) is 13.8. The highest BCUT2D eigenvalue weighted by Crippen LogP contribution is 2.34. The molecular weight excluding hydrogens is 250 g/mol. The SMILES string of the molecule is Cc1ccc(C(N)C2COc3ccccc3O2)c(C)c1. The first-order valence-corrected chi connectivity index (χ1v) is 6.86. The molecule has 0 aliphatic carbocycles. The number of rotatable bonds is 2. The first-order valence-electron chi connectivity index (χ1n) is 6.86. The molecule has 0 saturated carbocycles. The normalized spacial score (nSPS) is 18.6. The van der Waals surface area contributed by atoms with E-state index in [0.29, 0.717) is 6.61 Å². The van der Waals surface area contributed by atoms with Crippen molar-refractivity contribution in [1.29, 1.82) is 0 Å². The maximum absolute atomic E-state index is 6.37. The summed E-state index contributed by atoms with van der Waals surface area (Å²) in [7, 11) is 0. The zero-order valence-corrected chi connectivity index (χ0v) is 11.8. The van der Waals surface area contributed by atoms with E-state index in [4.69, 9.17) is 15.2 Å². The van der Waals surface area contributed by atoms with Gasteiger partial charge in [0.2, 0.25) is 0 Å². The Morgan fingerprint density at radius 1 is 1.10 bits per heavy atom. The van der Waals surface area contributed by atoms with Gasteiger partial charge in [-0.05, 0) is 37.1 Å². The largest absolute Gasteiger partial charge is 0.486 e. The highest BCUT2D eigenvalue weighted by atomic mass is 16.6. The van der Waals surface area contributed by atoms with Crippen LogP contribution in [0.5, 0.6) is 11.5 Å². The molecule has 3 heteroatoms. The number of nitrogens with two attached hydrogens (primary N) is 1. The van der Waals surface area contributed by atoms with Gasteiger partial charge in [0.25, 0.3) is 0 Å². The van der Waals surface area contributed by atoms with Gasteiger partial charge in [0.05, 0.1) is 6.04 Å². The lowest BCUT2D eigenvalue weighted by molar-refractivity contribution is 0.0720.